The van der Waals surface area contributed by atoms with Crippen LogP contribution >= 0.6 is 0 Å². The van der Waals surface area contributed by atoms with Crippen molar-refractivity contribution < 1.29 is 9.47 Å². The Morgan fingerprint density at radius 3 is 2.79 bits per heavy atom. The van der Waals surface area contributed by atoms with E-state index in [4.69, 9.17) is 9.47 Å². The largest absolute Gasteiger partial charge is 0.496 e. The fourth-order valence-corrected chi connectivity index (χ4v) is 1.85. The fourth-order valence-electron chi connectivity index (χ4n) is 1.85. The Hall–Kier alpha value is -1.18. The molecule has 76 valence electrons. The molecule has 0 N–H and O–H groups in total. The molecular formula is C12H16O2. The summed E-state index contributed by atoms with van der Waals surface area (Å²) in [4.78, 5) is 0. The van der Waals surface area contributed by atoms with Gasteiger partial charge in [-0.05, 0) is 18.1 Å². The van der Waals surface area contributed by atoms with Crippen LogP contribution in [-0.2, 0) is 6.42 Å². The molecule has 1 aliphatic rings. The number of hydrogen-bond donors (Lipinski definition) is 0. The van der Waals surface area contributed by atoms with Gasteiger partial charge in [-0.15, -0.1) is 0 Å². The minimum Gasteiger partial charge on any atom is -0.496 e. The van der Waals surface area contributed by atoms with E-state index in [1.165, 1.54) is 11.1 Å². The molecule has 1 aromatic carbocycles. The number of rotatable bonds is 2. The van der Waals surface area contributed by atoms with Crippen LogP contribution in [0.3, 0.4) is 0 Å². The van der Waals surface area contributed by atoms with Crippen molar-refractivity contribution in [3.8, 4) is 11.5 Å². The number of methoxy groups -OCH3 is 1. The second-order valence-electron chi connectivity index (χ2n) is 3.96. The highest BCUT2D eigenvalue weighted by atomic mass is 16.5. The van der Waals surface area contributed by atoms with E-state index in [1.54, 1.807) is 7.11 Å². The molecule has 0 unspecified atom stereocenters. The van der Waals surface area contributed by atoms with Gasteiger partial charge in [0.15, 0.2) is 0 Å². The quantitative estimate of drug-likeness (QED) is 0.717. The third kappa shape index (κ3) is 1.45. The van der Waals surface area contributed by atoms with Crippen molar-refractivity contribution in [3.63, 3.8) is 0 Å². The highest BCUT2D eigenvalue weighted by Gasteiger charge is 2.17. The van der Waals surface area contributed by atoms with Crippen LogP contribution in [0.1, 0.15) is 30.9 Å². The Balaban J connectivity index is 2.49. The first-order valence-electron chi connectivity index (χ1n) is 5.06. The van der Waals surface area contributed by atoms with Crippen molar-refractivity contribution >= 4 is 0 Å². The van der Waals surface area contributed by atoms with Crippen LogP contribution in [0, 0.1) is 0 Å². The summed E-state index contributed by atoms with van der Waals surface area (Å²) in [5.74, 6) is 2.50. The zero-order chi connectivity index (χ0) is 10.1. The molecule has 0 spiro atoms. The van der Waals surface area contributed by atoms with E-state index in [1.807, 2.05) is 0 Å². The normalized spacial score (nSPS) is 14.0. The zero-order valence-electron chi connectivity index (χ0n) is 8.96. The molecule has 0 aromatic heterocycles. The summed E-state index contributed by atoms with van der Waals surface area (Å²) >= 11 is 0. The van der Waals surface area contributed by atoms with Crippen LogP contribution in [0.15, 0.2) is 12.1 Å². The monoisotopic (exact) mass is 192 g/mol. The Bertz CT molecular complexity index is 342. The molecule has 2 heteroatoms. The van der Waals surface area contributed by atoms with Gasteiger partial charge in [0.1, 0.15) is 11.5 Å². The number of fused-ring (bicyclic) bond motifs is 1. The molecule has 0 bridgehead atoms. The minimum absolute atomic E-state index is 0.472. The Labute approximate surface area is 84.8 Å². The zero-order valence-corrected chi connectivity index (χ0v) is 8.96. The Morgan fingerprint density at radius 1 is 1.36 bits per heavy atom. The van der Waals surface area contributed by atoms with E-state index >= 15 is 0 Å². The fraction of sp³-hybridized carbons (Fsp3) is 0.500. The lowest BCUT2D eigenvalue weighted by molar-refractivity contribution is 0.355. The summed E-state index contributed by atoms with van der Waals surface area (Å²) in [6, 6.07) is 4.23. The number of hydrogen-bond acceptors (Lipinski definition) is 2. The first kappa shape index (κ1) is 9.38. The molecule has 0 atom stereocenters. The molecule has 0 radical (unpaired) electrons. The number of benzene rings is 1. The molecule has 0 saturated carbocycles. The molecule has 0 aliphatic carbocycles. The highest BCUT2D eigenvalue weighted by molar-refractivity contribution is 5.49. The third-order valence-corrected chi connectivity index (χ3v) is 2.66. The topological polar surface area (TPSA) is 18.5 Å². The van der Waals surface area contributed by atoms with Gasteiger partial charge < -0.3 is 9.47 Å². The van der Waals surface area contributed by atoms with Crippen LogP contribution in [0.2, 0.25) is 0 Å². The average Bonchev–Trinajstić information content (AvgIpc) is 2.62. The van der Waals surface area contributed by atoms with Crippen molar-refractivity contribution in [3.05, 3.63) is 23.3 Å². The minimum atomic E-state index is 0.472. The molecule has 2 nitrogen and oxygen atoms in total. The molecule has 1 heterocycles. The van der Waals surface area contributed by atoms with Crippen LogP contribution < -0.4 is 9.47 Å². The van der Waals surface area contributed by atoms with Gasteiger partial charge in [-0.25, -0.2) is 0 Å². The standard InChI is InChI=1S/C12H16O2/c1-8(2)10-7-11-9(4-5-14-11)6-12(10)13-3/h6-8H,4-5H2,1-3H3. The summed E-state index contributed by atoms with van der Waals surface area (Å²) in [5, 5.41) is 0. The van der Waals surface area contributed by atoms with Crippen molar-refractivity contribution in [1.82, 2.24) is 0 Å². The van der Waals surface area contributed by atoms with Crippen LogP contribution in [0.25, 0.3) is 0 Å². The number of ether oxygens (including phenoxy) is 2. The smallest absolute Gasteiger partial charge is 0.123 e. The highest BCUT2D eigenvalue weighted by Crippen LogP contribution is 2.36. The van der Waals surface area contributed by atoms with E-state index in [9.17, 15) is 0 Å². The molecule has 0 fully saturated rings. The second-order valence-corrected chi connectivity index (χ2v) is 3.96. The molecule has 0 amide bonds. The summed E-state index contributed by atoms with van der Waals surface area (Å²) < 4.78 is 10.9. The van der Waals surface area contributed by atoms with Crippen LogP contribution in [-0.4, -0.2) is 13.7 Å². The SMILES string of the molecule is COc1cc2c(cc1C(C)C)OCC2. The first-order valence-corrected chi connectivity index (χ1v) is 5.06. The van der Waals surface area contributed by atoms with Gasteiger partial charge in [0.2, 0.25) is 0 Å². The van der Waals surface area contributed by atoms with E-state index in [-0.39, 0.29) is 0 Å². The molecular weight excluding hydrogens is 176 g/mol. The van der Waals surface area contributed by atoms with E-state index in [0.29, 0.717) is 5.92 Å². The summed E-state index contributed by atoms with van der Waals surface area (Å²) in [7, 11) is 1.73. The van der Waals surface area contributed by atoms with Gasteiger partial charge in [0.25, 0.3) is 0 Å². The lowest BCUT2D eigenvalue weighted by Crippen LogP contribution is -1.95. The second kappa shape index (κ2) is 3.52. The lowest BCUT2D eigenvalue weighted by atomic mass is 9.99. The van der Waals surface area contributed by atoms with Gasteiger partial charge in [-0.2, -0.15) is 0 Å². The predicted molar refractivity (Wildman–Crippen MR) is 56.3 cm³/mol. The third-order valence-electron chi connectivity index (χ3n) is 2.66. The van der Waals surface area contributed by atoms with Crippen LogP contribution in [0.5, 0.6) is 11.5 Å². The van der Waals surface area contributed by atoms with E-state index in [2.05, 4.69) is 26.0 Å². The molecule has 1 aliphatic heterocycles. The van der Waals surface area contributed by atoms with Crippen molar-refractivity contribution in [1.29, 1.82) is 0 Å². The van der Waals surface area contributed by atoms with Crippen LogP contribution in [0.4, 0.5) is 0 Å². The molecule has 1 aromatic rings. The summed E-state index contributed by atoms with van der Waals surface area (Å²) in [5.41, 5.74) is 2.50. The molecule has 14 heavy (non-hydrogen) atoms. The van der Waals surface area contributed by atoms with Gasteiger partial charge in [-0.3, -0.25) is 0 Å². The van der Waals surface area contributed by atoms with Crippen molar-refractivity contribution in [2.75, 3.05) is 13.7 Å². The summed E-state index contributed by atoms with van der Waals surface area (Å²) in [6.07, 6.45) is 1.00. The Kier molecular flexibility index (Phi) is 2.36. The maximum Gasteiger partial charge on any atom is 0.123 e. The first-order chi connectivity index (χ1) is 6.72. The Morgan fingerprint density at radius 2 is 2.14 bits per heavy atom. The van der Waals surface area contributed by atoms with Gasteiger partial charge in [0, 0.05) is 17.5 Å². The van der Waals surface area contributed by atoms with Gasteiger partial charge in [-0.1, -0.05) is 13.8 Å². The van der Waals surface area contributed by atoms with Crippen molar-refractivity contribution in [2.24, 2.45) is 0 Å². The van der Waals surface area contributed by atoms with E-state index < -0.39 is 0 Å². The van der Waals surface area contributed by atoms with Gasteiger partial charge >= 0.3 is 0 Å². The van der Waals surface area contributed by atoms with E-state index in [0.717, 1.165) is 24.5 Å². The van der Waals surface area contributed by atoms with Crippen molar-refractivity contribution in [2.45, 2.75) is 26.2 Å². The molecule has 0 saturated heterocycles. The lowest BCUT2D eigenvalue weighted by Gasteiger charge is -2.13. The summed E-state index contributed by atoms with van der Waals surface area (Å²) in [6.45, 7) is 5.14. The van der Waals surface area contributed by atoms with Gasteiger partial charge in [0.05, 0.1) is 13.7 Å². The molecule has 2 rings (SSSR count). The maximum absolute atomic E-state index is 5.53. The maximum atomic E-state index is 5.53. The predicted octanol–water partition coefficient (Wildman–Crippen LogP) is 2.75. The average molecular weight is 192 g/mol.